The van der Waals surface area contributed by atoms with Gasteiger partial charge in [-0.1, -0.05) is 0 Å². The minimum atomic E-state index is -1.40. The van der Waals surface area contributed by atoms with Crippen molar-refractivity contribution in [2.24, 2.45) is 11.3 Å². The summed E-state index contributed by atoms with van der Waals surface area (Å²) in [6.45, 7) is 5.45. The van der Waals surface area contributed by atoms with Gasteiger partial charge >= 0.3 is 0 Å². The second-order valence-corrected chi connectivity index (χ2v) is 6.80. The molecule has 112 valence electrons. The largest absolute Gasteiger partial charge is 0.392 e. The molecular formula is C15H22O5. The molecule has 0 bridgehead atoms. The van der Waals surface area contributed by atoms with Gasteiger partial charge in [0.1, 0.15) is 0 Å². The number of aliphatic hydroxyl groups excluding tert-OH is 2. The second-order valence-electron chi connectivity index (χ2n) is 6.80. The van der Waals surface area contributed by atoms with Gasteiger partial charge in [-0.3, -0.25) is 4.79 Å². The van der Waals surface area contributed by atoms with E-state index in [4.69, 9.17) is 9.47 Å². The first kappa shape index (κ1) is 14.2. The Morgan fingerprint density at radius 3 is 2.65 bits per heavy atom. The molecule has 0 aromatic carbocycles. The van der Waals surface area contributed by atoms with Crippen LogP contribution in [0.4, 0.5) is 0 Å². The second kappa shape index (κ2) is 3.91. The highest BCUT2D eigenvalue weighted by molar-refractivity contribution is 6.03. The zero-order valence-electron chi connectivity index (χ0n) is 12.3. The predicted molar refractivity (Wildman–Crippen MR) is 70.8 cm³/mol. The zero-order chi connectivity index (χ0) is 14.9. The summed E-state index contributed by atoms with van der Waals surface area (Å²) in [5.41, 5.74) is -0.728. The predicted octanol–water partition coefficient (Wildman–Crippen LogP) is 0.785. The third kappa shape index (κ3) is 1.44. The molecule has 1 heterocycles. The summed E-state index contributed by atoms with van der Waals surface area (Å²) in [6, 6.07) is 0. The van der Waals surface area contributed by atoms with Gasteiger partial charge in [-0.25, -0.2) is 0 Å². The van der Waals surface area contributed by atoms with Gasteiger partial charge in [0.15, 0.2) is 0 Å². The molecule has 3 rings (SSSR count). The van der Waals surface area contributed by atoms with E-state index in [1.165, 1.54) is 13.2 Å². The summed E-state index contributed by atoms with van der Waals surface area (Å²) in [4.78, 5) is 12.8. The molecule has 0 amide bonds. The number of methoxy groups -OCH3 is 1. The quantitative estimate of drug-likeness (QED) is 0.732. The Morgan fingerprint density at radius 1 is 1.50 bits per heavy atom. The smallest absolute Gasteiger partial charge is 0.242 e. The topological polar surface area (TPSA) is 76.0 Å². The summed E-state index contributed by atoms with van der Waals surface area (Å²) >= 11 is 0. The molecule has 2 N–H and O–H groups in total. The number of carbonyl (C=O) groups excluding carboxylic acids is 1. The van der Waals surface area contributed by atoms with Crippen LogP contribution in [0.2, 0.25) is 0 Å². The number of ether oxygens (including phenoxy) is 2. The van der Waals surface area contributed by atoms with E-state index in [1.54, 1.807) is 6.92 Å². The van der Waals surface area contributed by atoms with Crippen LogP contribution in [-0.2, 0) is 14.3 Å². The van der Waals surface area contributed by atoms with Crippen LogP contribution >= 0.6 is 0 Å². The van der Waals surface area contributed by atoms with Gasteiger partial charge in [0.25, 0.3) is 0 Å². The molecule has 1 unspecified atom stereocenters. The van der Waals surface area contributed by atoms with E-state index in [-0.39, 0.29) is 18.1 Å². The van der Waals surface area contributed by atoms with Crippen molar-refractivity contribution in [2.45, 2.75) is 57.2 Å². The standard InChI is InChI=1S/C15H22O5/c1-8(16)5-9-6-11(17)14-7-10(14)13(2,3)20-15(14,19-4)12(9)18/h5,8,10-11,16-17H,6-7H2,1-4H3/b9-5+/t8-,10+,11+,14?,15-/m1/s1. The van der Waals surface area contributed by atoms with E-state index in [2.05, 4.69) is 0 Å². The molecule has 5 atom stereocenters. The fourth-order valence-corrected chi connectivity index (χ4v) is 4.34. The van der Waals surface area contributed by atoms with Crippen LogP contribution < -0.4 is 0 Å². The number of ketones is 1. The molecule has 2 aliphatic carbocycles. The lowest BCUT2D eigenvalue weighted by molar-refractivity contribution is -0.267. The van der Waals surface area contributed by atoms with Crippen LogP contribution in [0.5, 0.6) is 0 Å². The number of carbonyl (C=O) groups is 1. The molecule has 1 saturated heterocycles. The highest BCUT2D eigenvalue weighted by Crippen LogP contribution is 2.76. The van der Waals surface area contributed by atoms with Crippen LogP contribution in [0, 0.1) is 11.3 Å². The molecule has 0 aromatic rings. The monoisotopic (exact) mass is 282 g/mol. The number of hydrogen-bond donors (Lipinski definition) is 2. The lowest BCUT2D eigenvalue weighted by atomic mass is 9.73. The van der Waals surface area contributed by atoms with Crippen molar-refractivity contribution in [3.63, 3.8) is 0 Å². The van der Waals surface area contributed by atoms with E-state index in [0.717, 1.165) is 6.42 Å². The van der Waals surface area contributed by atoms with Crippen molar-refractivity contribution in [3.05, 3.63) is 11.6 Å². The highest BCUT2D eigenvalue weighted by atomic mass is 16.7. The highest BCUT2D eigenvalue weighted by Gasteiger charge is 2.85. The van der Waals surface area contributed by atoms with E-state index in [0.29, 0.717) is 5.57 Å². The Labute approximate surface area is 118 Å². The number of aliphatic hydroxyl groups is 2. The molecule has 1 aliphatic heterocycles. The first-order valence-electron chi connectivity index (χ1n) is 7.08. The molecule has 0 aromatic heterocycles. The van der Waals surface area contributed by atoms with Crippen molar-refractivity contribution >= 4 is 5.78 Å². The molecular weight excluding hydrogens is 260 g/mol. The van der Waals surface area contributed by atoms with Crippen molar-refractivity contribution in [3.8, 4) is 0 Å². The SMILES string of the molecule is CO[C@]12OC(C)(C)[C@@H]3CC31[C@@H](O)C/C(=C\[C@@H](C)O)C2=O. The van der Waals surface area contributed by atoms with E-state index in [9.17, 15) is 15.0 Å². The van der Waals surface area contributed by atoms with Gasteiger partial charge in [-0.2, -0.15) is 0 Å². The summed E-state index contributed by atoms with van der Waals surface area (Å²) in [5, 5.41) is 20.1. The van der Waals surface area contributed by atoms with Gasteiger partial charge in [0.2, 0.25) is 11.6 Å². The lowest BCUT2D eigenvalue weighted by Gasteiger charge is -2.43. The molecule has 20 heavy (non-hydrogen) atoms. The third-order valence-corrected chi connectivity index (χ3v) is 5.19. The molecule has 5 heteroatoms. The van der Waals surface area contributed by atoms with Gasteiger partial charge < -0.3 is 19.7 Å². The number of rotatable bonds is 2. The first-order valence-corrected chi connectivity index (χ1v) is 7.08. The van der Waals surface area contributed by atoms with E-state index < -0.39 is 29.0 Å². The van der Waals surface area contributed by atoms with Crippen LogP contribution in [0.25, 0.3) is 0 Å². The fourth-order valence-electron chi connectivity index (χ4n) is 4.34. The Morgan fingerprint density at radius 2 is 2.15 bits per heavy atom. The average molecular weight is 282 g/mol. The maximum absolute atomic E-state index is 12.8. The van der Waals surface area contributed by atoms with Crippen molar-refractivity contribution in [1.82, 2.24) is 0 Å². The molecule has 0 radical (unpaired) electrons. The fraction of sp³-hybridized carbons (Fsp3) is 0.800. The van der Waals surface area contributed by atoms with Crippen LogP contribution in [0.15, 0.2) is 11.6 Å². The van der Waals surface area contributed by atoms with Crippen molar-refractivity contribution in [2.75, 3.05) is 7.11 Å². The zero-order valence-corrected chi connectivity index (χ0v) is 12.3. The van der Waals surface area contributed by atoms with Crippen LogP contribution in [-0.4, -0.2) is 46.7 Å². The Kier molecular flexibility index (Phi) is 2.78. The molecule has 1 spiro atoms. The van der Waals surface area contributed by atoms with E-state index >= 15 is 0 Å². The summed E-state index contributed by atoms with van der Waals surface area (Å²) < 4.78 is 11.5. The third-order valence-electron chi connectivity index (χ3n) is 5.19. The summed E-state index contributed by atoms with van der Waals surface area (Å²) in [5.74, 6) is -1.53. The van der Waals surface area contributed by atoms with Crippen LogP contribution in [0.1, 0.15) is 33.6 Å². The Bertz CT molecular complexity index is 494. The minimum absolute atomic E-state index is 0.127. The van der Waals surface area contributed by atoms with Crippen molar-refractivity contribution < 1.29 is 24.5 Å². The van der Waals surface area contributed by atoms with Gasteiger partial charge in [-0.15, -0.1) is 0 Å². The lowest BCUT2D eigenvalue weighted by Crippen LogP contribution is -2.58. The van der Waals surface area contributed by atoms with Gasteiger partial charge in [-0.05, 0) is 33.3 Å². The van der Waals surface area contributed by atoms with Crippen molar-refractivity contribution in [1.29, 1.82) is 0 Å². The van der Waals surface area contributed by atoms with Gasteiger partial charge in [0, 0.05) is 25.0 Å². The Hall–Kier alpha value is -0.750. The normalized spacial score (nSPS) is 48.9. The molecule has 3 fully saturated rings. The maximum Gasteiger partial charge on any atom is 0.242 e. The molecule has 2 saturated carbocycles. The number of hydrogen-bond acceptors (Lipinski definition) is 5. The Balaban J connectivity index is 2.09. The average Bonchev–Trinajstić information content (AvgIpc) is 3.06. The first-order chi connectivity index (χ1) is 9.21. The maximum atomic E-state index is 12.8. The number of Topliss-reactive ketones (excluding diaryl/α,β-unsaturated/α-hetero) is 1. The van der Waals surface area contributed by atoms with E-state index in [1.807, 2.05) is 13.8 Å². The van der Waals surface area contributed by atoms with Gasteiger partial charge in [0.05, 0.1) is 23.2 Å². The molecule has 5 nitrogen and oxygen atoms in total. The van der Waals surface area contributed by atoms with Crippen LogP contribution in [0.3, 0.4) is 0 Å². The summed E-state index contributed by atoms with van der Waals surface area (Å²) in [6.07, 6.45) is 1.05. The molecule has 3 aliphatic rings. The minimum Gasteiger partial charge on any atom is -0.392 e. The summed E-state index contributed by atoms with van der Waals surface area (Å²) in [7, 11) is 1.45.